The van der Waals surface area contributed by atoms with Crippen molar-refractivity contribution >= 4 is 27.3 Å². The number of anilines is 1. The first-order chi connectivity index (χ1) is 14.0. The van der Waals surface area contributed by atoms with Crippen LogP contribution in [0, 0.1) is 5.41 Å². The van der Waals surface area contributed by atoms with Crippen LogP contribution in [0.2, 0.25) is 0 Å². The summed E-state index contributed by atoms with van der Waals surface area (Å²) in [6, 6.07) is 14.4. The van der Waals surface area contributed by atoms with Crippen molar-refractivity contribution in [3.63, 3.8) is 0 Å². The topological polar surface area (TPSA) is 88.1 Å². The number of benzene rings is 2. The van der Waals surface area contributed by atoms with Crippen molar-refractivity contribution in [3.05, 3.63) is 59.7 Å². The van der Waals surface area contributed by atoms with Crippen molar-refractivity contribution in [2.24, 2.45) is 10.5 Å². The van der Waals surface area contributed by atoms with Gasteiger partial charge in [0.2, 0.25) is 15.9 Å². The minimum absolute atomic E-state index is 0.0614. The van der Waals surface area contributed by atoms with Crippen LogP contribution in [0.25, 0.3) is 0 Å². The van der Waals surface area contributed by atoms with Gasteiger partial charge in [0, 0.05) is 17.5 Å². The molecule has 0 bridgehead atoms. The van der Waals surface area contributed by atoms with Crippen molar-refractivity contribution in [1.82, 2.24) is 5.01 Å². The molecule has 2 aromatic carbocycles. The highest BCUT2D eigenvalue weighted by molar-refractivity contribution is 7.92. The number of hydrogen-bond acceptors (Lipinski definition) is 5. The Morgan fingerprint density at radius 3 is 2.20 bits per heavy atom. The predicted molar refractivity (Wildman–Crippen MR) is 118 cm³/mol. The van der Waals surface area contributed by atoms with Crippen molar-refractivity contribution < 1.29 is 17.9 Å². The van der Waals surface area contributed by atoms with Crippen molar-refractivity contribution in [3.8, 4) is 5.75 Å². The Hall–Kier alpha value is -2.87. The lowest BCUT2D eigenvalue weighted by molar-refractivity contribution is -0.141. The molecule has 1 heterocycles. The zero-order valence-corrected chi connectivity index (χ0v) is 18.7. The third-order valence-electron chi connectivity index (χ3n) is 4.78. The molecule has 0 radical (unpaired) electrons. The van der Waals surface area contributed by atoms with Gasteiger partial charge < -0.3 is 4.74 Å². The maximum absolute atomic E-state index is 13.1. The van der Waals surface area contributed by atoms with E-state index in [9.17, 15) is 13.2 Å². The van der Waals surface area contributed by atoms with E-state index >= 15 is 0 Å². The standard InChI is InChI=1S/C22H27N3O4S/c1-22(2,3)21(26)25-20(16-8-12-18(29-4)13-9-16)14-19(23-25)15-6-10-17(11-7-15)24-30(5,27)28/h6-13,20,24H,14H2,1-5H3/t20-/m1/s1. The Morgan fingerprint density at radius 2 is 1.70 bits per heavy atom. The Balaban J connectivity index is 1.92. The van der Waals surface area contributed by atoms with Crippen LogP contribution in [0.15, 0.2) is 53.6 Å². The van der Waals surface area contributed by atoms with E-state index in [0.717, 1.165) is 28.8 Å². The number of methoxy groups -OCH3 is 1. The van der Waals surface area contributed by atoms with Gasteiger partial charge in [-0.3, -0.25) is 9.52 Å². The van der Waals surface area contributed by atoms with Crippen molar-refractivity contribution in [1.29, 1.82) is 0 Å². The molecule has 0 unspecified atom stereocenters. The summed E-state index contributed by atoms with van der Waals surface area (Å²) in [4.78, 5) is 13.1. The SMILES string of the molecule is COc1ccc([C@H]2CC(c3ccc(NS(C)(=O)=O)cc3)=NN2C(=O)C(C)(C)C)cc1. The quantitative estimate of drug-likeness (QED) is 0.783. The highest BCUT2D eigenvalue weighted by atomic mass is 32.2. The molecule has 3 rings (SSSR count). The smallest absolute Gasteiger partial charge is 0.248 e. The molecule has 160 valence electrons. The molecule has 1 aliphatic heterocycles. The molecule has 7 nitrogen and oxygen atoms in total. The molecule has 0 saturated carbocycles. The van der Waals surface area contributed by atoms with E-state index < -0.39 is 15.4 Å². The second-order valence-electron chi connectivity index (χ2n) is 8.39. The average molecular weight is 430 g/mol. The van der Waals surface area contributed by atoms with Gasteiger partial charge in [0.1, 0.15) is 5.75 Å². The second kappa shape index (κ2) is 8.10. The van der Waals surface area contributed by atoms with Crippen molar-refractivity contribution in [2.45, 2.75) is 33.2 Å². The largest absolute Gasteiger partial charge is 0.497 e. The van der Waals surface area contributed by atoms with Crippen LogP contribution >= 0.6 is 0 Å². The fourth-order valence-corrected chi connectivity index (χ4v) is 3.81. The van der Waals surface area contributed by atoms with E-state index in [2.05, 4.69) is 9.82 Å². The van der Waals surface area contributed by atoms with Crippen molar-refractivity contribution in [2.75, 3.05) is 18.1 Å². The lowest BCUT2D eigenvalue weighted by Gasteiger charge is -2.28. The van der Waals surface area contributed by atoms with Gasteiger partial charge in [-0.05, 0) is 35.4 Å². The zero-order chi connectivity index (χ0) is 22.1. The van der Waals surface area contributed by atoms with Crippen LogP contribution in [0.1, 0.15) is 44.4 Å². The summed E-state index contributed by atoms with van der Waals surface area (Å²) in [7, 11) is -1.72. The molecule has 1 N–H and O–H groups in total. The first-order valence-corrected chi connectivity index (χ1v) is 11.5. The van der Waals surface area contributed by atoms with Crippen LogP contribution in [-0.4, -0.2) is 38.4 Å². The first kappa shape index (κ1) is 21.8. The van der Waals surface area contributed by atoms with Gasteiger partial charge in [0.05, 0.1) is 25.1 Å². The Kier molecular flexibility index (Phi) is 5.90. The van der Waals surface area contributed by atoms with Gasteiger partial charge in [-0.2, -0.15) is 5.10 Å². The number of ether oxygens (including phenoxy) is 1. The fraction of sp³-hybridized carbons (Fsp3) is 0.364. The number of nitrogens with one attached hydrogen (secondary N) is 1. The number of carbonyl (C=O) groups excluding carboxylic acids is 1. The van der Waals surface area contributed by atoms with E-state index in [-0.39, 0.29) is 11.9 Å². The molecule has 1 amide bonds. The summed E-state index contributed by atoms with van der Waals surface area (Å²) < 4.78 is 30.5. The van der Waals surface area contributed by atoms with E-state index in [1.54, 1.807) is 24.3 Å². The highest BCUT2D eigenvalue weighted by Crippen LogP contribution is 2.36. The van der Waals surface area contributed by atoms with Crippen LogP contribution in [0.4, 0.5) is 5.69 Å². The molecular weight excluding hydrogens is 402 g/mol. The minimum Gasteiger partial charge on any atom is -0.497 e. The summed E-state index contributed by atoms with van der Waals surface area (Å²) in [5, 5.41) is 6.23. The molecule has 1 atom stereocenters. The Bertz CT molecular complexity index is 1050. The summed E-state index contributed by atoms with van der Waals surface area (Å²) in [5.74, 6) is 0.689. The number of rotatable bonds is 5. The molecule has 0 saturated heterocycles. The second-order valence-corrected chi connectivity index (χ2v) is 10.1. The summed E-state index contributed by atoms with van der Waals surface area (Å²) in [5.41, 5.74) is 2.50. The van der Waals surface area contributed by atoms with Gasteiger partial charge >= 0.3 is 0 Å². The number of amides is 1. The summed E-state index contributed by atoms with van der Waals surface area (Å²) in [6.07, 6.45) is 1.67. The molecule has 8 heteroatoms. The normalized spacial score (nSPS) is 16.9. The number of hydrazone groups is 1. The molecule has 0 spiro atoms. The van der Waals surface area contributed by atoms with Gasteiger partial charge in [-0.15, -0.1) is 0 Å². The molecule has 0 aromatic heterocycles. The average Bonchev–Trinajstić information content (AvgIpc) is 3.11. The predicted octanol–water partition coefficient (Wildman–Crippen LogP) is 3.79. The van der Waals surface area contributed by atoms with Gasteiger partial charge in [-0.1, -0.05) is 45.0 Å². The number of sulfonamides is 1. The van der Waals surface area contributed by atoms with E-state index in [1.165, 1.54) is 0 Å². The highest BCUT2D eigenvalue weighted by Gasteiger charge is 2.37. The third-order valence-corrected chi connectivity index (χ3v) is 5.39. The molecule has 1 aliphatic rings. The van der Waals surface area contributed by atoms with Crippen LogP contribution in [-0.2, 0) is 14.8 Å². The summed E-state index contributed by atoms with van der Waals surface area (Å²) >= 11 is 0. The van der Waals surface area contributed by atoms with E-state index in [4.69, 9.17) is 4.74 Å². The zero-order valence-electron chi connectivity index (χ0n) is 17.8. The number of nitrogens with zero attached hydrogens (tertiary/aromatic N) is 2. The minimum atomic E-state index is -3.34. The van der Waals surface area contributed by atoms with Gasteiger partial charge in [-0.25, -0.2) is 13.4 Å². The monoisotopic (exact) mass is 429 g/mol. The van der Waals surface area contributed by atoms with Gasteiger partial charge in [0.15, 0.2) is 0 Å². The molecular formula is C22H27N3O4S. The molecule has 2 aromatic rings. The van der Waals surface area contributed by atoms with E-state index in [0.29, 0.717) is 12.1 Å². The maximum Gasteiger partial charge on any atom is 0.248 e. The van der Waals surface area contributed by atoms with Crippen LogP contribution in [0.5, 0.6) is 5.75 Å². The lowest BCUT2D eigenvalue weighted by Crippen LogP contribution is -2.36. The molecule has 0 fully saturated rings. The summed E-state index contributed by atoms with van der Waals surface area (Å²) in [6.45, 7) is 5.62. The fourth-order valence-electron chi connectivity index (χ4n) is 3.25. The number of carbonyl (C=O) groups is 1. The Morgan fingerprint density at radius 1 is 1.10 bits per heavy atom. The lowest BCUT2D eigenvalue weighted by atomic mass is 9.93. The maximum atomic E-state index is 13.1. The molecule has 30 heavy (non-hydrogen) atoms. The first-order valence-electron chi connectivity index (χ1n) is 9.61. The van der Waals surface area contributed by atoms with Crippen LogP contribution < -0.4 is 9.46 Å². The van der Waals surface area contributed by atoms with E-state index in [1.807, 2.05) is 57.2 Å². The molecule has 0 aliphatic carbocycles. The Labute approximate surface area is 177 Å². The van der Waals surface area contributed by atoms with Crippen LogP contribution in [0.3, 0.4) is 0 Å². The van der Waals surface area contributed by atoms with Gasteiger partial charge in [0.25, 0.3) is 0 Å². The third kappa shape index (κ3) is 4.99. The number of hydrogen-bond donors (Lipinski definition) is 1.